The molecular formula is C13H13NOS2. The Morgan fingerprint density at radius 1 is 1.41 bits per heavy atom. The fourth-order valence-electron chi connectivity index (χ4n) is 2.08. The number of carbonyl (C=O) groups excluding carboxylic acids is 1. The van der Waals surface area contributed by atoms with Crippen LogP contribution in [0.5, 0.6) is 0 Å². The second kappa shape index (κ2) is 4.78. The number of rotatable bonds is 3. The summed E-state index contributed by atoms with van der Waals surface area (Å²) in [6.45, 7) is 0. The van der Waals surface area contributed by atoms with Gasteiger partial charge in [-0.25, -0.2) is 4.98 Å². The predicted molar refractivity (Wildman–Crippen MR) is 73.8 cm³/mol. The van der Waals surface area contributed by atoms with E-state index in [4.69, 9.17) is 0 Å². The molecule has 0 N–H and O–H groups in total. The van der Waals surface area contributed by atoms with Crippen LogP contribution in [-0.4, -0.2) is 22.3 Å². The Labute approximate surface area is 108 Å². The van der Waals surface area contributed by atoms with E-state index < -0.39 is 0 Å². The minimum absolute atomic E-state index is 0.270. The third kappa shape index (κ3) is 2.38. The molecule has 0 aliphatic carbocycles. The number of Topliss-reactive ketones (excluding diaryl/α,β-unsaturated/α-hetero) is 1. The summed E-state index contributed by atoms with van der Waals surface area (Å²) in [5.41, 5.74) is 1.01. The molecular weight excluding hydrogens is 250 g/mol. The van der Waals surface area contributed by atoms with Gasteiger partial charge in [0.05, 0.1) is 16.6 Å². The van der Waals surface area contributed by atoms with Crippen molar-refractivity contribution in [2.24, 2.45) is 5.92 Å². The number of aromatic nitrogens is 1. The number of hydrogen-bond acceptors (Lipinski definition) is 4. The molecule has 0 radical (unpaired) electrons. The first-order chi connectivity index (χ1) is 8.33. The third-order valence-electron chi connectivity index (χ3n) is 3.05. The maximum Gasteiger partial charge on any atom is 0.143 e. The van der Waals surface area contributed by atoms with Crippen molar-refractivity contribution < 1.29 is 4.79 Å². The van der Waals surface area contributed by atoms with Crippen LogP contribution in [-0.2, 0) is 11.2 Å². The van der Waals surface area contributed by atoms with Crippen molar-refractivity contribution in [3.8, 4) is 0 Å². The average Bonchev–Trinajstić information content (AvgIpc) is 2.97. The molecule has 1 atom stereocenters. The Bertz CT molecular complexity index is 510. The van der Waals surface area contributed by atoms with Gasteiger partial charge < -0.3 is 0 Å². The number of hydrogen-bond donors (Lipinski definition) is 0. The SMILES string of the molecule is O=C(Cc1nc2ccccc2s1)C1CCSC1. The summed E-state index contributed by atoms with van der Waals surface area (Å²) in [5.74, 6) is 2.78. The molecule has 1 aliphatic heterocycles. The van der Waals surface area contributed by atoms with Crippen LogP contribution in [0.15, 0.2) is 24.3 Å². The van der Waals surface area contributed by atoms with Gasteiger partial charge in [0.2, 0.25) is 0 Å². The van der Waals surface area contributed by atoms with Crippen molar-refractivity contribution in [2.45, 2.75) is 12.8 Å². The van der Waals surface area contributed by atoms with Gasteiger partial charge in [-0.05, 0) is 24.3 Å². The standard InChI is InChI=1S/C13H13NOS2/c15-11(9-5-6-16-8-9)7-13-14-10-3-1-2-4-12(10)17-13/h1-4,9H,5-8H2. The number of nitrogens with zero attached hydrogens (tertiary/aromatic N) is 1. The molecule has 4 heteroatoms. The second-order valence-electron chi connectivity index (χ2n) is 4.28. The van der Waals surface area contributed by atoms with Crippen LogP contribution in [0.1, 0.15) is 11.4 Å². The van der Waals surface area contributed by atoms with E-state index in [1.54, 1.807) is 11.3 Å². The third-order valence-corrected chi connectivity index (χ3v) is 5.25. The molecule has 1 saturated heterocycles. The summed E-state index contributed by atoms with van der Waals surface area (Å²) in [6, 6.07) is 8.07. The van der Waals surface area contributed by atoms with Crippen molar-refractivity contribution >= 4 is 39.1 Å². The predicted octanol–water partition coefficient (Wildman–Crippen LogP) is 3.16. The molecule has 1 fully saturated rings. The lowest BCUT2D eigenvalue weighted by Crippen LogP contribution is -2.15. The maximum atomic E-state index is 12.0. The van der Waals surface area contributed by atoms with Gasteiger partial charge >= 0.3 is 0 Å². The van der Waals surface area contributed by atoms with Gasteiger partial charge in [-0.15, -0.1) is 11.3 Å². The Balaban J connectivity index is 1.77. The largest absolute Gasteiger partial charge is 0.299 e. The van der Waals surface area contributed by atoms with E-state index in [-0.39, 0.29) is 5.92 Å². The van der Waals surface area contributed by atoms with Crippen molar-refractivity contribution in [1.82, 2.24) is 4.98 Å². The topological polar surface area (TPSA) is 30.0 Å². The lowest BCUT2D eigenvalue weighted by molar-refractivity contribution is -0.121. The zero-order valence-electron chi connectivity index (χ0n) is 9.39. The van der Waals surface area contributed by atoms with E-state index in [1.165, 1.54) is 4.70 Å². The minimum atomic E-state index is 0.270. The highest BCUT2D eigenvalue weighted by Gasteiger charge is 2.23. The van der Waals surface area contributed by atoms with Crippen molar-refractivity contribution in [1.29, 1.82) is 0 Å². The normalized spacial score (nSPS) is 19.9. The first kappa shape index (κ1) is 11.2. The lowest BCUT2D eigenvalue weighted by Gasteiger charge is -2.04. The summed E-state index contributed by atoms with van der Waals surface area (Å²) in [4.78, 5) is 16.6. The van der Waals surface area contributed by atoms with E-state index in [1.807, 2.05) is 30.0 Å². The molecule has 3 rings (SSSR count). The Morgan fingerprint density at radius 3 is 3.06 bits per heavy atom. The van der Waals surface area contributed by atoms with E-state index >= 15 is 0 Å². The fourth-order valence-corrected chi connectivity index (χ4v) is 4.31. The first-order valence-corrected chi connectivity index (χ1v) is 7.75. The van der Waals surface area contributed by atoms with Gasteiger partial charge in [0.15, 0.2) is 0 Å². The van der Waals surface area contributed by atoms with Crippen molar-refractivity contribution in [3.63, 3.8) is 0 Å². The van der Waals surface area contributed by atoms with Gasteiger partial charge in [0, 0.05) is 11.7 Å². The number of ketones is 1. The molecule has 2 heterocycles. The van der Waals surface area contributed by atoms with Gasteiger partial charge in [-0.3, -0.25) is 4.79 Å². The van der Waals surface area contributed by atoms with Crippen LogP contribution in [0.2, 0.25) is 0 Å². The molecule has 17 heavy (non-hydrogen) atoms. The van der Waals surface area contributed by atoms with E-state index in [0.717, 1.165) is 28.5 Å². The van der Waals surface area contributed by atoms with Crippen LogP contribution in [0, 0.1) is 5.92 Å². The molecule has 1 aliphatic rings. The fraction of sp³-hybridized carbons (Fsp3) is 0.385. The lowest BCUT2D eigenvalue weighted by atomic mass is 10.0. The second-order valence-corrected chi connectivity index (χ2v) is 6.54. The number of thiazole rings is 1. The summed E-state index contributed by atoms with van der Waals surface area (Å²) >= 11 is 3.53. The van der Waals surface area contributed by atoms with Gasteiger partial charge in [-0.2, -0.15) is 11.8 Å². The van der Waals surface area contributed by atoms with Crippen LogP contribution < -0.4 is 0 Å². The molecule has 1 aromatic carbocycles. The summed E-state index contributed by atoms with van der Waals surface area (Å²) < 4.78 is 1.18. The monoisotopic (exact) mass is 263 g/mol. The van der Waals surface area contributed by atoms with E-state index in [2.05, 4.69) is 11.1 Å². The highest BCUT2D eigenvalue weighted by atomic mass is 32.2. The zero-order valence-corrected chi connectivity index (χ0v) is 11.0. The molecule has 0 amide bonds. The number of thioether (sulfide) groups is 1. The Kier molecular flexibility index (Phi) is 3.16. The maximum absolute atomic E-state index is 12.0. The smallest absolute Gasteiger partial charge is 0.143 e. The van der Waals surface area contributed by atoms with Gasteiger partial charge in [0.25, 0.3) is 0 Å². The number of para-hydroxylation sites is 1. The number of carbonyl (C=O) groups is 1. The van der Waals surface area contributed by atoms with Crippen LogP contribution in [0.3, 0.4) is 0 Å². The highest BCUT2D eigenvalue weighted by Crippen LogP contribution is 2.27. The summed E-state index contributed by atoms with van der Waals surface area (Å²) in [6.07, 6.45) is 1.57. The molecule has 1 unspecified atom stereocenters. The zero-order chi connectivity index (χ0) is 11.7. The quantitative estimate of drug-likeness (QED) is 0.852. The van der Waals surface area contributed by atoms with Crippen molar-refractivity contribution in [3.05, 3.63) is 29.3 Å². The first-order valence-electron chi connectivity index (χ1n) is 5.78. The number of benzene rings is 1. The van der Waals surface area contributed by atoms with E-state index in [9.17, 15) is 4.79 Å². The van der Waals surface area contributed by atoms with Crippen LogP contribution in [0.4, 0.5) is 0 Å². The molecule has 0 saturated carbocycles. The van der Waals surface area contributed by atoms with Crippen molar-refractivity contribution in [2.75, 3.05) is 11.5 Å². The Hall–Kier alpha value is -0.870. The van der Waals surface area contributed by atoms with Crippen LogP contribution in [0.25, 0.3) is 10.2 Å². The molecule has 0 spiro atoms. The molecule has 88 valence electrons. The molecule has 0 bridgehead atoms. The van der Waals surface area contributed by atoms with Gasteiger partial charge in [-0.1, -0.05) is 12.1 Å². The number of fused-ring (bicyclic) bond motifs is 1. The summed E-state index contributed by atoms with van der Waals surface area (Å²) in [7, 11) is 0. The molecule has 2 aromatic rings. The summed E-state index contributed by atoms with van der Waals surface area (Å²) in [5, 5.41) is 0.966. The van der Waals surface area contributed by atoms with E-state index in [0.29, 0.717) is 12.2 Å². The molecule has 1 aromatic heterocycles. The van der Waals surface area contributed by atoms with Crippen LogP contribution >= 0.6 is 23.1 Å². The minimum Gasteiger partial charge on any atom is -0.299 e. The Morgan fingerprint density at radius 2 is 2.29 bits per heavy atom. The molecule has 2 nitrogen and oxygen atoms in total. The van der Waals surface area contributed by atoms with Gasteiger partial charge in [0.1, 0.15) is 10.8 Å². The average molecular weight is 263 g/mol. The highest BCUT2D eigenvalue weighted by molar-refractivity contribution is 7.99.